The Labute approximate surface area is 73.6 Å². The summed E-state index contributed by atoms with van der Waals surface area (Å²) in [6, 6.07) is 3.16. The lowest BCUT2D eigenvalue weighted by Gasteiger charge is -2.05. The third-order valence-electron chi connectivity index (χ3n) is 1.27. The first-order valence-electron chi connectivity index (χ1n) is 3.49. The number of hydrogen-bond acceptors (Lipinski definition) is 3. The van der Waals surface area contributed by atoms with Crippen LogP contribution in [0.15, 0.2) is 18.5 Å². The minimum Gasteiger partial charge on any atom is -0.486 e. The molecule has 0 radical (unpaired) electrons. The molecule has 68 valence electrons. The average Bonchev–Trinajstić information content (AvgIpc) is 2.15. The Bertz CT molecular complexity index is 322. The topological polar surface area (TPSA) is 45.9 Å². The van der Waals surface area contributed by atoms with Gasteiger partial charge in [0.15, 0.2) is 0 Å². The van der Waals surface area contributed by atoms with E-state index in [0.29, 0.717) is 0 Å². The van der Waals surface area contributed by atoms with Crippen LogP contribution in [0.25, 0.3) is 0 Å². The van der Waals surface area contributed by atoms with Crippen molar-refractivity contribution in [2.45, 2.75) is 6.43 Å². The molecule has 0 saturated carbocycles. The van der Waals surface area contributed by atoms with Crippen LogP contribution in [0.1, 0.15) is 5.56 Å². The number of rotatable bonds is 3. The van der Waals surface area contributed by atoms with E-state index in [2.05, 4.69) is 9.72 Å². The summed E-state index contributed by atoms with van der Waals surface area (Å²) in [5.41, 5.74) is 0.156. The van der Waals surface area contributed by atoms with E-state index >= 15 is 0 Å². The molecular formula is C8H6F2N2O. The van der Waals surface area contributed by atoms with Crippen LogP contribution in [0.4, 0.5) is 8.78 Å². The molecule has 0 aliphatic carbocycles. The Morgan fingerprint density at radius 2 is 2.38 bits per heavy atom. The molecule has 1 rings (SSSR count). The van der Waals surface area contributed by atoms with E-state index in [9.17, 15) is 8.78 Å². The highest BCUT2D eigenvalue weighted by atomic mass is 19.3. The first-order chi connectivity index (χ1) is 6.24. The number of ether oxygens (including phenoxy) is 1. The molecule has 0 fully saturated rings. The van der Waals surface area contributed by atoms with Crippen LogP contribution in [0.5, 0.6) is 5.75 Å². The van der Waals surface area contributed by atoms with Crippen LogP contribution >= 0.6 is 0 Å². The summed E-state index contributed by atoms with van der Waals surface area (Å²) in [5.74, 6) is 0.137. The summed E-state index contributed by atoms with van der Waals surface area (Å²) < 4.78 is 28.1. The number of alkyl halides is 2. The number of halogens is 2. The van der Waals surface area contributed by atoms with E-state index < -0.39 is 13.0 Å². The lowest BCUT2D eigenvalue weighted by Crippen LogP contribution is -2.07. The normalized spacial score (nSPS) is 9.69. The predicted octanol–water partition coefficient (Wildman–Crippen LogP) is 1.60. The van der Waals surface area contributed by atoms with Crippen LogP contribution in [-0.2, 0) is 0 Å². The van der Waals surface area contributed by atoms with E-state index in [1.807, 2.05) is 0 Å². The van der Waals surface area contributed by atoms with Crippen molar-refractivity contribution < 1.29 is 13.5 Å². The molecule has 0 spiro atoms. The lowest BCUT2D eigenvalue weighted by molar-refractivity contribution is 0.0817. The highest BCUT2D eigenvalue weighted by Crippen LogP contribution is 2.15. The largest absolute Gasteiger partial charge is 0.486 e. The van der Waals surface area contributed by atoms with E-state index in [1.54, 1.807) is 6.07 Å². The van der Waals surface area contributed by atoms with Crippen molar-refractivity contribution in [2.24, 2.45) is 0 Å². The van der Waals surface area contributed by atoms with Crippen LogP contribution < -0.4 is 4.74 Å². The van der Waals surface area contributed by atoms with E-state index in [-0.39, 0.29) is 11.3 Å². The van der Waals surface area contributed by atoms with Gasteiger partial charge in [-0.1, -0.05) is 0 Å². The second-order valence-electron chi connectivity index (χ2n) is 2.19. The summed E-state index contributed by atoms with van der Waals surface area (Å²) in [4.78, 5) is 3.65. The molecule has 0 amide bonds. The summed E-state index contributed by atoms with van der Waals surface area (Å²) >= 11 is 0. The first kappa shape index (κ1) is 9.39. The maximum Gasteiger partial charge on any atom is 0.272 e. The van der Waals surface area contributed by atoms with Gasteiger partial charge >= 0.3 is 0 Å². The molecule has 0 bridgehead atoms. The summed E-state index contributed by atoms with van der Waals surface area (Å²) in [5, 5.41) is 8.53. The van der Waals surface area contributed by atoms with Crippen molar-refractivity contribution in [2.75, 3.05) is 6.61 Å². The molecule has 0 aliphatic heterocycles. The predicted molar refractivity (Wildman–Crippen MR) is 40.5 cm³/mol. The van der Waals surface area contributed by atoms with E-state index in [0.717, 1.165) is 0 Å². The number of nitriles is 1. The fourth-order valence-electron chi connectivity index (χ4n) is 0.744. The second-order valence-corrected chi connectivity index (χ2v) is 2.19. The third kappa shape index (κ3) is 2.67. The Hall–Kier alpha value is -1.70. The fourth-order valence-corrected chi connectivity index (χ4v) is 0.744. The SMILES string of the molecule is N#Cc1cnccc1OCC(F)F. The molecule has 13 heavy (non-hydrogen) atoms. The van der Waals surface area contributed by atoms with Gasteiger partial charge in [-0.15, -0.1) is 0 Å². The minimum absolute atomic E-state index is 0.137. The van der Waals surface area contributed by atoms with E-state index in [1.165, 1.54) is 18.5 Å². The van der Waals surface area contributed by atoms with Gasteiger partial charge in [0, 0.05) is 12.4 Å². The van der Waals surface area contributed by atoms with Gasteiger partial charge in [0.05, 0.1) is 0 Å². The quantitative estimate of drug-likeness (QED) is 0.716. The molecule has 0 aromatic carbocycles. The lowest BCUT2D eigenvalue weighted by atomic mass is 10.3. The molecule has 0 unspecified atom stereocenters. The first-order valence-corrected chi connectivity index (χ1v) is 3.49. The molecule has 1 aromatic heterocycles. The van der Waals surface area contributed by atoms with E-state index in [4.69, 9.17) is 5.26 Å². The van der Waals surface area contributed by atoms with Crippen molar-refractivity contribution in [1.82, 2.24) is 4.98 Å². The molecule has 0 N–H and O–H groups in total. The maximum atomic E-state index is 11.7. The van der Waals surface area contributed by atoms with Gasteiger partial charge in [0.1, 0.15) is 24.0 Å². The highest BCUT2D eigenvalue weighted by Gasteiger charge is 2.06. The zero-order chi connectivity index (χ0) is 9.68. The Kier molecular flexibility index (Phi) is 3.15. The van der Waals surface area contributed by atoms with Crippen molar-refractivity contribution in [3.8, 4) is 11.8 Å². The monoisotopic (exact) mass is 184 g/mol. The van der Waals surface area contributed by atoms with Crippen LogP contribution in [0.2, 0.25) is 0 Å². The summed E-state index contributed by atoms with van der Waals surface area (Å²) in [6.07, 6.45) is 0.0994. The average molecular weight is 184 g/mol. The van der Waals surface area contributed by atoms with Crippen LogP contribution in [0.3, 0.4) is 0 Å². The van der Waals surface area contributed by atoms with Gasteiger partial charge in [0.2, 0.25) is 0 Å². The van der Waals surface area contributed by atoms with Crippen LogP contribution in [-0.4, -0.2) is 18.0 Å². The molecule has 5 heteroatoms. The fraction of sp³-hybridized carbons (Fsp3) is 0.250. The summed E-state index contributed by atoms with van der Waals surface area (Å²) in [7, 11) is 0. The van der Waals surface area contributed by atoms with Crippen molar-refractivity contribution in [3.05, 3.63) is 24.0 Å². The number of nitrogens with zero attached hydrogens (tertiary/aromatic N) is 2. The molecule has 0 atom stereocenters. The molecule has 0 aliphatic rings. The Morgan fingerprint density at radius 1 is 1.62 bits per heavy atom. The maximum absolute atomic E-state index is 11.7. The minimum atomic E-state index is -2.54. The van der Waals surface area contributed by atoms with Crippen LogP contribution in [0, 0.1) is 11.3 Å². The molecular weight excluding hydrogens is 178 g/mol. The highest BCUT2D eigenvalue weighted by molar-refractivity contribution is 5.39. The standard InChI is InChI=1S/C8H6F2N2O/c9-8(10)5-13-7-1-2-12-4-6(7)3-11/h1-2,4,8H,5H2. The van der Waals surface area contributed by atoms with Gasteiger partial charge in [0.25, 0.3) is 6.43 Å². The van der Waals surface area contributed by atoms with Gasteiger partial charge < -0.3 is 4.74 Å². The van der Waals surface area contributed by atoms with Crippen molar-refractivity contribution in [3.63, 3.8) is 0 Å². The second kappa shape index (κ2) is 4.36. The molecule has 1 heterocycles. The van der Waals surface area contributed by atoms with Crippen molar-refractivity contribution in [1.29, 1.82) is 5.26 Å². The molecule has 1 aromatic rings. The zero-order valence-electron chi connectivity index (χ0n) is 6.58. The number of hydrogen-bond donors (Lipinski definition) is 0. The van der Waals surface area contributed by atoms with Gasteiger partial charge in [-0.05, 0) is 6.07 Å². The third-order valence-corrected chi connectivity index (χ3v) is 1.27. The van der Waals surface area contributed by atoms with Gasteiger partial charge in [-0.2, -0.15) is 5.26 Å². The Balaban J connectivity index is 2.71. The number of pyridine rings is 1. The molecule has 0 saturated heterocycles. The smallest absolute Gasteiger partial charge is 0.272 e. The molecule has 3 nitrogen and oxygen atoms in total. The zero-order valence-corrected chi connectivity index (χ0v) is 6.58. The van der Waals surface area contributed by atoms with Gasteiger partial charge in [-0.3, -0.25) is 4.98 Å². The van der Waals surface area contributed by atoms with Gasteiger partial charge in [-0.25, -0.2) is 8.78 Å². The summed E-state index contributed by atoms with van der Waals surface area (Å²) in [6.45, 7) is -0.710. The van der Waals surface area contributed by atoms with Crippen molar-refractivity contribution >= 4 is 0 Å². The Morgan fingerprint density at radius 3 is 3.00 bits per heavy atom. The number of aromatic nitrogens is 1.